The fourth-order valence-electron chi connectivity index (χ4n) is 1.15. The van der Waals surface area contributed by atoms with Gasteiger partial charge in [0.2, 0.25) is 0 Å². The normalized spacial score (nSPS) is 14.4. The second kappa shape index (κ2) is 4.06. The van der Waals surface area contributed by atoms with Crippen molar-refractivity contribution < 1.29 is 19.0 Å². The molecule has 0 radical (unpaired) electrons. The number of ether oxygens (including phenoxy) is 1. The molecule has 0 bridgehead atoms. The van der Waals surface area contributed by atoms with E-state index < -0.39 is 5.67 Å². The highest BCUT2D eigenvalue weighted by Crippen LogP contribution is 2.38. The van der Waals surface area contributed by atoms with E-state index in [1.165, 1.54) is 13.2 Å². The monoisotopic (exact) mass is 232 g/mol. The first kappa shape index (κ1) is 11.8. The van der Waals surface area contributed by atoms with Crippen LogP contribution < -0.4 is 4.74 Å². The number of carbonyl (C=O) groups excluding carboxylic acids is 1. The molecule has 0 aliphatic rings. The molecular weight excluding hydrogens is 223 g/mol. The molecule has 0 saturated carbocycles. The molecule has 1 unspecified atom stereocenters. The van der Waals surface area contributed by atoms with Gasteiger partial charge in [0, 0.05) is 11.6 Å². The average Bonchev–Trinajstić information content (AvgIpc) is 2.20. The Bertz CT molecular complexity index is 390. The summed E-state index contributed by atoms with van der Waals surface area (Å²) in [6, 6.07) is 2.34. The van der Waals surface area contributed by atoms with Gasteiger partial charge in [-0.05, 0) is 13.0 Å². The third-order valence-corrected chi connectivity index (χ3v) is 2.33. The van der Waals surface area contributed by atoms with E-state index in [0.717, 1.165) is 13.0 Å². The molecule has 82 valence electrons. The van der Waals surface area contributed by atoms with Crippen molar-refractivity contribution >= 4 is 17.9 Å². The summed E-state index contributed by atoms with van der Waals surface area (Å²) in [4.78, 5) is 10.5. The largest absolute Gasteiger partial charge is 0.504 e. The Morgan fingerprint density at radius 2 is 2.20 bits per heavy atom. The molecule has 1 N–H and O–H groups in total. The molecule has 1 rings (SSSR count). The van der Waals surface area contributed by atoms with Gasteiger partial charge in [0.1, 0.15) is 0 Å². The summed E-state index contributed by atoms with van der Waals surface area (Å²) in [5, 5.41) is 9.44. The van der Waals surface area contributed by atoms with Crippen LogP contribution in [0.4, 0.5) is 4.39 Å². The molecule has 0 heterocycles. The molecule has 0 aliphatic carbocycles. The lowest BCUT2D eigenvalue weighted by atomic mass is 9.99. The fraction of sp³-hybridized carbons (Fsp3) is 0.300. The first-order valence-electron chi connectivity index (χ1n) is 4.14. The molecule has 5 heteroatoms. The highest BCUT2D eigenvalue weighted by atomic mass is 35.5. The highest BCUT2D eigenvalue weighted by molar-refractivity contribution is 6.31. The van der Waals surface area contributed by atoms with Crippen molar-refractivity contribution in [2.45, 2.75) is 12.6 Å². The fourth-order valence-corrected chi connectivity index (χ4v) is 1.48. The minimum Gasteiger partial charge on any atom is -0.504 e. The lowest BCUT2D eigenvalue weighted by Gasteiger charge is -2.16. The van der Waals surface area contributed by atoms with E-state index in [4.69, 9.17) is 16.3 Å². The molecule has 15 heavy (non-hydrogen) atoms. The molecule has 1 atom stereocenters. The SMILES string of the molecule is COc1cc(Cl)c(C(C)(F)C=O)cc1O. The van der Waals surface area contributed by atoms with Crippen LogP contribution in [0, 0.1) is 0 Å². The Morgan fingerprint density at radius 1 is 1.60 bits per heavy atom. The standard InChI is InChI=1S/C10H10ClFO3/c1-10(12,5-13)6-3-8(14)9(15-2)4-7(6)11/h3-5,14H,1-2H3. The van der Waals surface area contributed by atoms with Crippen molar-refractivity contribution in [3.63, 3.8) is 0 Å². The quantitative estimate of drug-likeness (QED) is 0.815. The van der Waals surface area contributed by atoms with Gasteiger partial charge >= 0.3 is 0 Å². The van der Waals surface area contributed by atoms with Gasteiger partial charge in [-0.1, -0.05) is 11.6 Å². The van der Waals surface area contributed by atoms with Crippen LogP contribution in [0.2, 0.25) is 5.02 Å². The number of aromatic hydroxyl groups is 1. The van der Waals surface area contributed by atoms with Crippen LogP contribution in [0.25, 0.3) is 0 Å². The van der Waals surface area contributed by atoms with Gasteiger partial charge in [0.15, 0.2) is 23.5 Å². The summed E-state index contributed by atoms with van der Waals surface area (Å²) in [7, 11) is 1.35. The van der Waals surface area contributed by atoms with Crippen molar-refractivity contribution in [3.05, 3.63) is 22.7 Å². The molecule has 0 aromatic heterocycles. The maximum absolute atomic E-state index is 13.6. The van der Waals surface area contributed by atoms with Crippen LogP contribution in [0.5, 0.6) is 11.5 Å². The van der Waals surface area contributed by atoms with Crippen molar-refractivity contribution in [1.82, 2.24) is 0 Å². The Morgan fingerprint density at radius 3 is 2.67 bits per heavy atom. The van der Waals surface area contributed by atoms with Crippen LogP contribution >= 0.6 is 11.6 Å². The number of rotatable bonds is 3. The minimum atomic E-state index is -2.22. The third kappa shape index (κ3) is 2.21. The lowest BCUT2D eigenvalue weighted by molar-refractivity contribution is -0.117. The van der Waals surface area contributed by atoms with E-state index >= 15 is 0 Å². The predicted octanol–water partition coefficient (Wildman–Crippen LogP) is 2.44. The summed E-state index contributed by atoms with van der Waals surface area (Å²) in [5.74, 6) is -0.131. The van der Waals surface area contributed by atoms with Crippen molar-refractivity contribution in [1.29, 1.82) is 0 Å². The van der Waals surface area contributed by atoms with Gasteiger partial charge in [-0.2, -0.15) is 0 Å². The van der Waals surface area contributed by atoms with Crippen molar-refractivity contribution in [3.8, 4) is 11.5 Å². The molecule has 1 aromatic rings. The summed E-state index contributed by atoms with van der Waals surface area (Å²) < 4.78 is 18.4. The van der Waals surface area contributed by atoms with E-state index in [0.29, 0.717) is 0 Å². The van der Waals surface area contributed by atoms with Gasteiger partial charge in [0.05, 0.1) is 12.1 Å². The Kier molecular flexibility index (Phi) is 3.19. The zero-order valence-corrected chi connectivity index (χ0v) is 9.01. The van der Waals surface area contributed by atoms with Crippen LogP contribution in [-0.4, -0.2) is 18.5 Å². The molecule has 0 amide bonds. The van der Waals surface area contributed by atoms with Gasteiger partial charge in [-0.15, -0.1) is 0 Å². The number of halogens is 2. The molecule has 1 aromatic carbocycles. The summed E-state index contributed by atoms with van der Waals surface area (Å²) in [6.45, 7) is 1.06. The van der Waals surface area contributed by atoms with E-state index in [-0.39, 0.29) is 28.4 Å². The smallest absolute Gasteiger partial charge is 0.189 e. The predicted molar refractivity (Wildman–Crippen MR) is 54.2 cm³/mol. The average molecular weight is 233 g/mol. The highest BCUT2D eigenvalue weighted by Gasteiger charge is 2.29. The second-order valence-corrected chi connectivity index (χ2v) is 3.60. The maximum Gasteiger partial charge on any atom is 0.189 e. The van der Waals surface area contributed by atoms with E-state index in [1.54, 1.807) is 0 Å². The Balaban J connectivity index is 3.34. The number of alkyl halides is 1. The number of phenols is 1. The lowest BCUT2D eigenvalue weighted by Crippen LogP contribution is -2.17. The number of benzene rings is 1. The molecule has 0 spiro atoms. The van der Waals surface area contributed by atoms with E-state index in [1.807, 2.05) is 0 Å². The topological polar surface area (TPSA) is 46.5 Å². The van der Waals surface area contributed by atoms with Crippen LogP contribution in [0.3, 0.4) is 0 Å². The van der Waals surface area contributed by atoms with Gasteiger partial charge in [0.25, 0.3) is 0 Å². The van der Waals surface area contributed by atoms with E-state index in [9.17, 15) is 14.3 Å². The van der Waals surface area contributed by atoms with Crippen LogP contribution in [-0.2, 0) is 10.5 Å². The molecule has 3 nitrogen and oxygen atoms in total. The summed E-state index contributed by atoms with van der Waals surface area (Å²) in [5.41, 5.74) is -2.31. The Labute approximate surface area is 91.4 Å². The van der Waals surface area contributed by atoms with Crippen molar-refractivity contribution in [2.24, 2.45) is 0 Å². The number of carbonyl (C=O) groups is 1. The Hall–Kier alpha value is -1.29. The van der Waals surface area contributed by atoms with Crippen molar-refractivity contribution in [2.75, 3.05) is 7.11 Å². The third-order valence-electron chi connectivity index (χ3n) is 2.02. The van der Waals surface area contributed by atoms with Gasteiger partial charge in [-0.25, -0.2) is 4.39 Å². The maximum atomic E-state index is 13.6. The first-order valence-corrected chi connectivity index (χ1v) is 4.52. The molecule has 0 fully saturated rings. The zero-order valence-electron chi connectivity index (χ0n) is 8.25. The number of aldehydes is 1. The summed E-state index contributed by atoms with van der Waals surface area (Å²) >= 11 is 5.75. The first-order chi connectivity index (χ1) is 6.92. The van der Waals surface area contributed by atoms with Gasteiger partial charge < -0.3 is 9.84 Å². The number of methoxy groups -OCH3 is 1. The number of hydrogen-bond acceptors (Lipinski definition) is 3. The van der Waals surface area contributed by atoms with Crippen LogP contribution in [0.1, 0.15) is 12.5 Å². The van der Waals surface area contributed by atoms with Gasteiger partial charge in [-0.3, -0.25) is 4.79 Å². The zero-order chi connectivity index (χ0) is 11.6. The number of hydrogen-bond donors (Lipinski definition) is 1. The summed E-state index contributed by atoms with van der Waals surface area (Å²) in [6.07, 6.45) is 0.125. The minimum absolute atomic E-state index is 0.0294. The molecule has 0 saturated heterocycles. The second-order valence-electron chi connectivity index (χ2n) is 3.20. The van der Waals surface area contributed by atoms with E-state index in [2.05, 4.69) is 0 Å². The van der Waals surface area contributed by atoms with Crippen LogP contribution in [0.15, 0.2) is 12.1 Å². The number of phenolic OH excluding ortho intramolecular Hbond substituents is 1. The molecule has 0 aliphatic heterocycles. The molecular formula is C10H10ClFO3.